The molecular weight excluding hydrogens is 882 g/mol. The number of para-hydroxylation sites is 1. The molecule has 1 fully saturated rings. The number of benzene rings is 7. The number of nitrogens with zero attached hydrogens (tertiary/aromatic N) is 3. The number of rotatable bonds is 5. The first kappa shape index (κ1) is 48.0. The van der Waals surface area contributed by atoms with Crippen LogP contribution in [0.4, 0.5) is 45.5 Å². The molecule has 2 unspecified atom stereocenters. The van der Waals surface area contributed by atoms with E-state index in [1.165, 1.54) is 144 Å². The van der Waals surface area contributed by atoms with Crippen LogP contribution in [0, 0.1) is 20.8 Å². The molecule has 12 rings (SSSR count). The van der Waals surface area contributed by atoms with Crippen LogP contribution in [0.15, 0.2) is 127 Å². The highest BCUT2D eigenvalue weighted by molar-refractivity contribution is 7.00. The Kier molecular flexibility index (Phi) is 10.5. The van der Waals surface area contributed by atoms with E-state index in [2.05, 4.69) is 246 Å². The summed E-state index contributed by atoms with van der Waals surface area (Å²) in [7, 11) is 0. The number of hydrogen-bond acceptors (Lipinski definition) is 3. The number of fused-ring (bicyclic) bond motifs is 8. The van der Waals surface area contributed by atoms with Gasteiger partial charge in [-0.15, -0.1) is 0 Å². The summed E-state index contributed by atoms with van der Waals surface area (Å²) in [5.74, 6) is 0. The van der Waals surface area contributed by atoms with E-state index in [4.69, 9.17) is 0 Å². The van der Waals surface area contributed by atoms with Crippen molar-refractivity contribution in [3.8, 4) is 11.1 Å². The van der Waals surface area contributed by atoms with Gasteiger partial charge in [0.25, 0.3) is 6.71 Å². The minimum Gasteiger partial charge on any atom is -0.335 e. The van der Waals surface area contributed by atoms with E-state index in [0.717, 1.165) is 6.42 Å². The van der Waals surface area contributed by atoms with E-state index in [1.807, 2.05) is 0 Å². The van der Waals surface area contributed by atoms with Gasteiger partial charge in [0.1, 0.15) is 0 Å². The molecule has 7 aromatic rings. The molecule has 1 saturated carbocycles. The van der Waals surface area contributed by atoms with Crippen molar-refractivity contribution in [1.29, 1.82) is 0 Å². The molecule has 3 heterocycles. The third-order valence-corrected chi connectivity index (χ3v) is 19.2. The van der Waals surface area contributed by atoms with Crippen LogP contribution in [0.1, 0.15) is 166 Å². The van der Waals surface area contributed by atoms with Crippen molar-refractivity contribution in [3.63, 3.8) is 0 Å². The van der Waals surface area contributed by atoms with Gasteiger partial charge in [-0.05, 0) is 190 Å². The van der Waals surface area contributed by atoms with E-state index in [-0.39, 0.29) is 39.3 Å². The minimum absolute atomic E-state index is 0.0130. The van der Waals surface area contributed by atoms with Crippen LogP contribution >= 0.6 is 0 Å². The van der Waals surface area contributed by atoms with Gasteiger partial charge in [-0.1, -0.05) is 168 Å². The van der Waals surface area contributed by atoms with Gasteiger partial charge in [0.2, 0.25) is 0 Å². The molecule has 5 aliphatic rings. The zero-order valence-electron chi connectivity index (χ0n) is 46.8. The Morgan fingerprint density at radius 3 is 1.73 bits per heavy atom. The molecule has 3 aliphatic heterocycles. The van der Waals surface area contributed by atoms with Crippen LogP contribution in [0.25, 0.3) is 11.1 Å². The highest BCUT2D eigenvalue weighted by Crippen LogP contribution is 2.62. The molecule has 2 atom stereocenters. The zero-order chi connectivity index (χ0) is 51.5. The molecule has 0 spiro atoms. The lowest BCUT2D eigenvalue weighted by Crippen LogP contribution is -2.64. The molecular formula is C69H78BN3. The van der Waals surface area contributed by atoms with Crippen molar-refractivity contribution >= 4 is 68.6 Å². The summed E-state index contributed by atoms with van der Waals surface area (Å²) in [6.07, 6.45) is 7.26. The SMILES string of the molecule is Cc1cc2c3c(c1)N1c4c(cccc4C4(C)CCCCC14C)B3c1ccc(N(c3ccc(C(C)(C)C)cc3C)c3ccc(C(C)(C)C)cc3C)cc1N2c1cc2c(cc1-c1ccccc1)C(C)(C)CCC2(C)C. The van der Waals surface area contributed by atoms with Gasteiger partial charge in [-0.2, -0.15) is 0 Å². The summed E-state index contributed by atoms with van der Waals surface area (Å²) in [6, 6.07) is 51.0. The van der Waals surface area contributed by atoms with Gasteiger partial charge in [0, 0.05) is 50.8 Å². The van der Waals surface area contributed by atoms with Crippen molar-refractivity contribution in [2.75, 3.05) is 14.7 Å². The summed E-state index contributed by atoms with van der Waals surface area (Å²) in [5, 5.41) is 0. The predicted molar refractivity (Wildman–Crippen MR) is 316 cm³/mol. The Morgan fingerprint density at radius 2 is 1.11 bits per heavy atom. The molecule has 7 aromatic carbocycles. The Balaban J connectivity index is 1.20. The summed E-state index contributed by atoms with van der Waals surface area (Å²) >= 11 is 0. The van der Waals surface area contributed by atoms with Gasteiger partial charge in [0.15, 0.2) is 0 Å². The predicted octanol–water partition coefficient (Wildman–Crippen LogP) is 17.0. The van der Waals surface area contributed by atoms with Crippen LogP contribution in [0.3, 0.4) is 0 Å². The van der Waals surface area contributed by atoms with Crippen LogP contribution < -0.4 is 31.1 Å². The largest absolute Gasteiger partial charge is 0.335 e. The summed E-state index contributed by atoms with van der Waals surface area (Å²) in [6.45, 7) is 36.1. The van der Waals surface area contributed by atoms with Gasteiger partial charge in [-0.3, -0.25) is 0 Å². The first-order chi connectivity index (χ1) is 34.4. The molecule has 372 valence electrons. The molecule has 0 N–H and O–H groups in total. The van der Waals surface area contributed by atoms with Crippen LogP contribution in [0.2, 0.25) is 0 Å². The minimum atomic E-state index is -0.0386. The smallest absolute Gasteiger partial charge is 0.252 e. The van der Waals surface area contributed by atoms with Crippen molar-refractivity contribution in [2.24, 2.45) is 0 Å². The molecule has 0 radical (unpaired) electrons. The number of aryl methyl sites for hydroxylation is 3. The maximum absolute atomic E-state index is 2.88. The van der Waals surface area contributed by atoms with Crippen LogP contribution in [-0.2, 0) is 27.1 Å². The molecule has 3 nitrogen and oxygen atoms in total. The number of anilines is 8. The summed E-state index contributed by atoms with van der Waals surface area (Å²) < 4.78 is 0. The Labute approximate surface area is 439 Å². The summed E-state index contributed by atoms with van der Waals surface area (Å²) in [4.78, 5) is 8.20. The Bertz CT molecular complexity index is 3350. The monoisotopic (exact) mass is 960 g/mol. The van der Waals surface area contributed by atoms with E-state index in [1.54, 1.807) is 5.56 Å². The molecule has 0 saturated heterocycles. The average Bonchev–Trinajstić information content (AvgIpc) is 3.55. The van der Waals surface area contributed by atoms with Crippen molar-refractivity contribution in [2.45, 2.75) is 175 Å². The highest BCUT2D eigenvalue weighted by atomic mass is 15.3. The molecule has 2 aliphatic carbocycles. The van der Waals surface area contributed by atoms with Crippen molar-refractivity contribution in [3.05, 3.63) is 172 Å². The lowest BCUT2D eigenvalue weighted by Gasteiger charge is -2.53. The maximum atomic E-state index is 2.88. The second kappa shape index (κ2) is 16.0. The van der Waals surface area contributed by atoms with Crippen LogP contribution in [0.5, 0.6) is 0 Å². The van der Waals surface area contributed by atoms with E-state index >= 15 is 0 Å². The molecule has 73 heavy (non-hydrogen) atoms. The highest BCUT2D eigenvalue weighted by Gasteiger charge is 2.61. The van der Waals surface area contributed by atoms with Gasteiger partial charge >= 0.3 is 0 Å². The van der Waals surface area contributed by atoms with Gasteiger partial charge in [0.05, 0.1) is 11.2 Å². The van der Waals surface area contributed by atoms with E-state index < -0.39 is 0 Å². The standard InChI is InChI=1S/C69H78BN3/c1-43-36-60-62-61(37-43)73-63-51(68(14)32-19-20-33-69(68,73)15)24-21-25-55(63)70(62)54-29-28-49(71(56-30-26-47(38-44(56)2)64(4,5)6)57-31-27-48(39-45(57)3)65(7,8)9)40-59(54)72(60)58-42-53-52(66(10,11)34-35-67(53,12)13)41-50(58)46-22-17-16-18-23-46/h16-18,21-31,36-42H,19-20,32-35H2,1-15H3. The maximum Gasteiger partial charge on any atom is 0.252 e. The average molecular weight is 960 g/mol. The fourth-order valence-electron chi connectivity index (χ4n) is 14.6. The normalized spacial score (nSPS) is 21.0. The van der Waals surface area contributed by atoms with Gasteiger partial charge < -0.3 is 14.7 Å². The van der Waals surface area contributed by atoms with Crippen LogP contribution in [-0.4, -0.2) is 12.3 Å². The number of hydrogen-bond donors (Lipinski definition) is 0. The van der Waals surface area contributed by atoms with E-state index in [0.29, 0.717) is 0 Å². The van der Waals surface area contributed by atoms with Gasteiger partial charge in [-0.25, -0.2) is 0 Å². The topological polar surface area (TPSA) is 9.72 Å². The fourth-order valence-corrected chi connectivity index (χ4v) is 14.6. The summed E-state index contributed by atoms with van der Waals surface area (Å²) in [5.41, 5.74) is 28.3. The molecule has 4 heteroatoms. The molecule has 0 aromatic heterocycles. The van der Waals surface area contributed by atoms with Crippen molar-refractivity contribution in [1.82, 2.24) is 0 Å². The third kappa shape index (κ3) is 7.04. The Hall–Kier alpha value is -6.00. The lowest BCUT2D eigenvalue weighted by molar-refractivity contribution is 0.195. The Morgan fingerprint density at radius 1 is 0.507 bits per heavy atom. The lowest BCUT2D eigenvalue weighted by atomic mass is 9.33. The third-order valence-electron chi connectivity index (χ3n) is 19.2. The first-order valence-electron chi connectivity index (χ1n) is 27.7. The molecule has 0 amide bonds. The zero-order valence-corrected chi connectivity index (χ0v) is 46.8. The molecule has 0 bridgehead atoms. The quantitative estimate of drug-likeness (QED) is 0.159. The second-order valence-corrected chi connectivity index (χ2v) is 27.0. The van der Waals surface area contributed by atoms with Crippen molar-refractivity contribution < 1.29 is 0 Å². The first-order valence-corrected chi connectivity index (χ1v) is 27.7. The fraction of sp³-hybridized carbons (Fsp3) is 0.391. The second-order valence-electron chi connectivity index (χ2n) is 27.0. The van der Waals surface area contributed by atoms with E-state index in [9.17, 15) is 0 Å².